The molecule has 1 fully saturated rings. The van der Waals surface area contributed by atoms with E-state index in [-0.39, 0.29) is 0 Å². The molecule has 3 aliphatic rings. The predicted molar refractivity (Wildman–Crippen MR) is 107 cm³/mol. The summed E-state index contributed by atoms with van der Waals surface area (Å²) >= 11 is 0. The number of ether oxygens (including phenoxy) is 1. The summed E-state index contributed by atoms with van der Waals surface area (Å²) in [6.45, 7) is 0. The van der Waals surface area contributed by atoms with Crippen molar-refractivity contribution in [3.8, 4) is 0 Å². The zero-order valence-corrected chi connectivity index (χ0v) is 14.1. The van der Waals surface area contributed by atoms with Crippen LogP contribution in [0.5, 0.6) is 0 Å². The highest BCUT2D eigenvalue weighted by Crippen LogP contribution is 2.52. The largest absolute Gasteiger partial charge is 0.360 e. The van der Waals surface area contributed by atoms with Crippen molar-refractivity contribution in [3.05, 3.63) is 96.1 Å². The molecule has 0 bridgehead atoms. The Balaban J connectivity index is 0.000000106. The van der Waals surface area contributed by atoms with Crippen molar-refractivity contribution in [2.24, 2.45) is 0 Å². The fraction of sp³-hybridized carbons (Fsp3) is 0.0833. The van der Waals surface area contributed by atoms with Crippen LogP contribution in [0.4, 0.5) is 0 Å². The van der Waals surface area contributed by atoms with E-state index in [1.165, 1.54) is 44.1 Å². The summed E-state index contributed by atoms with van der Waals surface area (Å²) in [7, 11) is 0. The van der Waals surface area contributed by atoms with Crippen LogP contribution in [0, 0.1) is 0 Å². The molecule has 2 nitrogen and oxygen atoms in total. The maximum absolute atomic E-state index is 5.52. The number of nitrogens with one attached hydrogen (secondary N) is 1. The fourth-order valence-corrected chi connectivity index (χ4v) is 4.16. The van der Waals surface area contributed by atoms with Gasteiger partial charge in [0.1, 0.15) is 12.2 Å². The highest BCUT2D eigenvalue weighted by Gasteiger charge is 2.47. The smallest absolute Gasteiger partial charge is 0.114 e. The maximum atomic E-state index is 5.52. The lowest BCUT2D eigenvalue weighted by Gasteiger charge is -2.26. The molecular formula is C24H17NO. The second-order valence-corrected chi connectivity index (χ2v) is 6.97. The highest BCUT2D eigenvalue weighted by atomic mass is 16.6. The van der Waals surface area contributed by atoms with Crippen molar-refractivity contribution in [2.75, 3.05) is 0 Å². The minimum absolute atomic E-state index is 0.382. The average Bonchev–Trinajstić information content (AvgIpc) is 3.35. The van der Waals surface area contributed by atoms with E-state index >= 15 is 0 Å². The van der Waals surface area contributed by atoms with Crippen molar-refractivity contribution >= 4 is 33.0 Å². The molecule has 2 heteroatoms. The van der Waals surface area contributed by atoms with Crippen LogP contribution in [0.15, 0.2) is 84.9 Å². The molecule has 2 aliphatic carbocycles. The van der Waals surface area contributed by atoms with Crippen LogP contribution in [-0.2, 0) is 4.74 Å². The van der Waals surface area contributed by atoms with Crippen LogP contribution < -0.4 is 0 Å². The molecule has 26 heavy (non-hydrogen) atoms. The van der Waals surface area contributed by atoms with Crippen LogP contribution in [0.25, 0.3) is 33.0 Å². The summed E-state index contributed by atoms with van der Waals surface area (Å²) in [6.07, 6.45) is 5.13. The molecule has 1 aliphatic heterocycles. The Kier molecular flexibility index (Phi) is 2.82. The third-order valence-electron chi connectivity index (χ3n) is 5.47. The Hall–Kier alpha value is -3.10. The Bertz CT molecular complexity index is 1180. The number of hydrogen-bond acceptors (Lipinski definition) is 1. The van der Waals surface area contributed by atoms with Gasteiger partial charge < -0.3 is 9.72 Å². The minimum Gasteiger partial charge on any atom is -0.360 e. The lowest BCUT2D eigenvalue weighted by atomic mass is 9.76. The highest BCUT2D eigenvalue weighted by molar-refractivity contribution is 6.11. The SMILES string of the molecule is C1=CC2OC2C2=C1c1ccccc12.c1ccc2c(c1)[nH]c1ccccc12. The number of allylic oxidation sites excluding steroid dienone is 2. The number of epoxide rings is 1. The number of benzene rings is 3. The Labute approximate surface area is 151 Å². The number of para-hydroxylation sites is 2. The summed E-state index contributed by atoms with van der Waals surface area (Å²) in [5, 5.41) is 2.61. The van der Waals surface area contributed by atoms with Crippen LogP contribution >= 0.6 is 0 Å². The average molecular weight is 335 g/mol. The van der Waals surface area contributed by atoms with E-state index in [4.69, 9.17) is 4.74 Å². The minimum atomic E-state index is 0.382. The van der Waals surface area contributed by atoms with Gasteiger partial charge in [-0.3, -0.25) is 0 Å². The van der Waals surface area contributed by atoms with Gasteiger partial charge in [-0.15, -0.1) is 0 Å². The Morgan fingerprint density at radius 3 is 2.04 bits per heavy atom. The molecular weight excluding hydrogens is 318 g/mol. The van der Waals surface area contributed by atoms with Crippen molar-refractivity contribution in [3.63, 3.8) is 0 Å². The number of aromatic nitrogens is 1. The summed E-state index contributed by atoms with van der Waals surface area (Å²) < 4.78 is 5.52. The van der Waals surface area contributed by atoms with E-state index in [0.29, 0.717) is 12.2 Å². The normalized spacial score (nSPS) is 21.4. The van der Waals surface area contributed by atoms with Crippen LogP contribution in [0.2, 0.25) is 0 Å². The molecule has 7 rings (SSSR count). The van der Waals surface area contributed by atoms with Gasteiger partial charge in [0.2, 0.25) is 0 Å². The zero-order valence-electron chi connectivity index (χ0n) is 14.1. The van der Waals surface area contributed by atoms with Gasteiger partial charge in [-0.2, -0.15) is 0 Å². The quantitative estimate of drug-likeness (QED) is 0.418. The Morgan fingerprint density at radius 1 is 0.692 bits per heavy atom. The van der Waals surface area contributed by atoms with Gasteiger partial charge in [-0.1, -0.05) is 72.8 Å². The third kappa shape index (κ3) is 1.97. The molecule has 2 heterocycles. The van der Waals surface area contributed by atoms with Gasteiger partial charge in [0, 0.05) is 21.8 Å². The maximum Gasteiger partial charge on any atom is 0.114 e. The van der Waals surface area contributed by atoms with Crippen LogP contribution in [0.3, 0.4) is 0 Å². The van der Waals surface area contributed by atoms with Crippen molar-refractivity contribution < 1.29 is 4.74 Å². The number of H-pyrrole nitrogens is 1. The number of aromatic amines is 1. The molecule has 0 radical (unpaired) electrons. The Morgan fingerprint density at radius 2 is 1.31 bits per heavy atom. The summed E-state index contributed by atoms with van der Waals surface area (Å²) in [6, 6.07) is 25.3. The van der Waals surface area contributed by atoms with Gasteiger partial charge >= 0.3 is 0 Å². The standard InChI is InChI=1S/C12H9N.C12H8O/c1-3-7-11-9(5-1)10-6-2-4-8-12(10)13-11;1-2-4-8-7(3-1)9-5-6-10-12(13-10)11(8)9/h1-8,13H;1-6,10,12H. The molecule has 0 saturated carbocycles. The van der Waals surface area contributed by atoms with E-state index < -0.39 is 0 Å². The number of hydrogen-bond donors (Lipinski definition) is 1. The summed E-state index contributed by atoms with van der Waals surface area (Å²) in [5.74, 6) is 0. The number of rotatable bonds is 0. The molecule has 0 amide bonds. The van der Waals surface area contributed by atoms with E-state index in [9.17, 15) is 0 Å². The van der Waals surface area contributed by atoms with Gasteiger partial charge in [0.25, 0.3) is 0 Å². The molecule has 3 aromatic carbocycles. The lowest BCUT2D eigenvalue weighted by molar-refractivity contribution is 0.418. The van der Waals surface area contributed by atoms with Crippen molar-refractivity contribution in [2.45, 2.75) is 12.2 Å². The second kappa shape index (κ2) is 5.20. The monoisotopic (exact) mass is 335 g/mol. The van der Waals surface area contributed by atoms with E-state index in [0.717, 1.165) is 0 Å². The molecule has 1 aromatic heterocycles. The van der Waals surface area contributed by atoms with Gasteiger partial charge in [-0.05, 0) is 34.4 Å². The molecule has 0 spiro atoms. The van der Waals surface area contributed by atoms with Gasteiger partial charge in [0.15, 0.2) is 0 Å². The molecule has 124 valence electrons. The number of fused-ring (bicyclic) bond motifs is 8. The zero-order chi connectivity index (χ0) is 17.1. The van der Waals surface area contributed by atoms with E-state index in [2.05, 4.69) is 89.9 Å². The predicted octanol–water partition coefficient (Wildman–Crippen LogP) is 5.57. The second-order valence-electron chi connectivity index (χ2n) is 6.97. The molecule has 4 aromatic rings. The van der Waals surface area contributed by atoms with Crippen LogP contribution in [-0.4, -0.2) is 17.2 Å². The van der Waals surface area contributed by atoms with E-state index in [1.54, 1.807) is 0 Å². The first kappa shape index (κ1) is 14.1. The van der Waals surface area contributed by atoms with Gasteiger partial charge in [-0.25, -0.2) is 0 Å². The first-order valence-electron chi connectivity index (χ1n) is 9.03. The van der Waals surface area contributed by atoms with Crippen LogP contribution in [0.1, 0.15) is 11.1 Å². The summed E-state index contributed by atoms with van der Waals surface area (Å²) in [4.78, 5) is 3.38. The molecule has 1 saturated heterocycles. The van der Waals surface area contributed by atoms with Crippen molar-refractivity contribution in [1.29, 1.82) is 0 Å². The lowest BCUT2D eigenvalue weighted by Crippen LogP contribution is -2.13. The molecule has 2 unspecified atom stereocenters. The van der Waals surface area contributed by atoms with E-state index in [1.807, 2.05) is 0 Å². The fourth-order valence-electron chi connectivity index (χ4n) is 4.16. The first-order chi connectivity index (χ1) is 12.9. The van der Waals surface area contributed by atoms with Gasteiger partial charge in [0.05, 0.1) is 0 Å². The third-order valence-corrected chi connectivity index (χ3v) is 5.47. The first-order valence-corrected chi connectivity index (χ1v) is 9.03. The molecule has 1 N–H and O–H groups in total. The van der Waals surface area contributed by atoms with Crippen molar-refractivity contribution in [1.82, 2.24) is 4.98 Å². The topological polar surface area (TPSA) is 28.3 Å². The molecule has 2 atom stereocenters. The summed E-state index contributed by atoms with van der Waals surface area (Å²) in [5.41, 5.74) is 8.04.